The van der Waals surface area contributed by atoms with Crippen LogP contribution < -0.4 is 10.9 Å². The van der Waals surface area contributed by atoms with Crippen LogP contribution in [0.25, 0.3) is 10.9 Å². The quantitative estimate of drug-likeness (QED) is 0.673. The molecule has 0 spiro atoms. The van der Waals surface area contributed by atoms with Gasteiger partial charge in [-0.1, -0.05) is 18.2 Å². The molecule has 0 aliphatic rings. The first kappa shape index (κ1) is 19.0. The number of aromatic nitrogens is 1. The van der Waals surface area contributed by atoms with Crippen molar-refractivity contribution in [2.75, 3.05) is 7.05 Å². The number of aromatic amines is 1. The summed E-state index contributed by atoms with van der Waals surface area (Å²) in [6.07, 6.45) is 0. The van der Waals surface area contributed by atoms with Crippen molar-refractivity contribution in [2.45, 2.75) is 26.9 Å². The second-order valence-corrected chi connectivity index (χ2v) is 7.09. The number of benzene rings is 2. The van der Waals surface area contributed by atoms with Crippen molar-refractivity contribution in [1.82, 2.24) is 15.2 Å². The van der Waals surface area contributed by atoms with Crippen LogP contribution in [-0.2, 0) is 13.1 Å². The fraction of sp³-hybridized carbons (Fsp3) is 0.238. The van der Waals surface area contributed by atoms with E-state index in [0.717, 1.165) is 27.6 Å². The summed E-state index contributed by atoms with van der Waals surface area (Å²) < 4.78 is 13.2. The first-order valence-electron chi connectivity index (χ1n) is 8.71. The van der Waals surface area contributed by atoms with Crippen molar-refractivity contribution in [3.63, 3.8) is 0 Å². The van der Waals surface area contributed by atoms with E-state index in [-0.39, 0.29) is 11.4 Å². The number of hydrogen-bond acceptors (Lipinski definition) is 2. The highest BCUT2D eigenvalue weighted by Gasteiger charge is 2.14. The topological polar surface area (TPSA) is 48.1 Å². The van der Waals surface area contributed by atoms with Gasteiger partial charge in [0.1, 0.15) is 5.82 Å². The Balaban J connectivity index is 1.95. The Morgan fingerprint density at radius 1 is 1.15 bits per heavy atom. The number of nitrogens with one attached hydrogen (secondary N) is 2. The van der Waals surface area contributed by atoms with Crippen molar-refractivity contribution in [3.8, 4) is 0 Å². The molecule has 3 rings (SSSR count). The molecule has 0 aliphatic carbocycles. The first-order valence-corrected chi connectivity index (χ1v) is 9.12. The van der Waals surface area contributed by atoms with E-state index in [1.165, 1.54) is 12.1 Å². The number of aryl methyl sites for hydroxylation is 2. The Hall–Kier alpha value is -2.73. The van der Waals surface area contributed by atoms with Crippen LogP contribution in [-0.4, -0.2) is 22.0 Å². The molecule has 1 heterocycles. The largest absolute Gasteiger partial charge is 0.366 e. The van der Waals surface area contributed by atoms with Gasteiger partial charge in [0.25, 0.3) is 5.56 Å². The number of pyridine rings is 1. The highest BCUT2D eigenvalue weighted by molar-refractivity contribution is 7.80. The molecule has 0 radical (unpaired) electrons. The van der Waals surface area contributed by atoms with Gasteiger partial charge in [-0.3, -0.25) is 4.79 Å². The van der Waals surface area contributed by atoms with Crippen molar-refractivity contribution < 1.29 is 4.39 Å². The molecule has 0 saturated heterocycles. The fourth-order valence-corrected chi connectivity index (χ4v) is 3.34. The molecule has 0 saturated carbocycles. The summed E-state index contributed by atoms with van der Waals surface area (Å²) in [5.74, 6) is -0.279. The average Bonchev–Trinajstić information content (AvgIpc) is 2.63. The van der Waals surface area contributed by atoms with Crippen LogP contribution in [0.15, 0.2) is 47.3 Å². The normalized spacial score (nSPS) is 10.8. The summed E-state index contributed by atoms with van der Waals surface area (Å²) in [6, 6.07) is 12.3. The van der Waals surface area contributed by atoms with E-state index in [1.54, 1.807) is 19.2 Å². The number of halogens is 1. The van der Waals surface area contributed by atoms with E-state index in [0.29, 0.717) is 23.8 Å². The Bertz CT molecular complexity index is 1040. The van der Waals surface area contributed by atoms with Gasteiger partial charge in [-0.2, -0.15) is 0 Å². The summed E-state index contributed by atoms with van der Waals surface area (Å²) in [7, 11) is 1.75. The average molecular weight is 383 g/mol. The Morgan fingerprint density at radius 3 is 2.52 bits per heavy atom. The van der Waals surface area contributed by atoms with Gasteiger partial charge in [-0.05, 0) is 67.0 Å². The molecule has 0 atom stereocenters. The molecule has 0 bridgehead atoms. The minimum Gasteiger partial charge on any atom is -0.366 e. The fourth-order valence-electron chi connectivity index (χ4n) is 3.21. The summed E-state index contributed by atoms with van der Waals surface area (Å²) in [5, 5.41) is 4.51. The lowest BCUT2D eigenvalue weighted by molar-refractivity contribution is 0.400. The number of hydrogen-bond donors (Lipinski definition) is 2. The maximum atomic E-state index is 13.2. The zero-order valence-corrected chi connectivity index (χ0v) is 16.4. The summed E-state index contributed by atoms with van der Waals surface area (Å²) in [5.41, 5.74) is 4.48. The van der Waals surface area contributed by atoms with E-state index < -0.39 is 0 Å². The van der Waals surface area contributed by atoms with E-state index >= 15 is 0 Å². The number of thiocarbonyl (C=S) groups is 1. The third-order valence-corrected chi connectivity index (χ3v) is 5.00. The van der Waals surface area contributed by atoms with E-state index in [1.807, 2.05) is 30.9 Å². The number of rotatable bonds is 4. The maximum Gasteiger partial charge on any atom is 0.253 e. The molecular weight excluding hydrogens is 361 g/mol. The molecule has 0 unspecified atom stereocenters. The Kier molecular flexibility index (Phi) is 5.56. The highest BCUT2D eigenvalue weighted by Crippen LogP contribution is 2.19. The van der Waals surface area contributed by atoms with Gasteiger partial charge < -0.3 is 15.2 Å². The van der Waals surface area contributed by atoms with Crippen molar-refractivity contribution in [3.05, 3.63) is 80.9 Å². The lowest BCUT2D eigenvalue weighted by Gasteiger charge is -2.25. The number of nitrogens with zero attached hydrogens (tertiary/aromatic N) is 1. The standard InChI is InChI=1S/C21H22FN3OS/c1-13-8-14(2)18-10-16(20(26)24-19(18)9-13)12-25(21(27)23-3)11-15-4-6-17(22)7-5-15/h4-10H,11-12H2,1-3H3,(H,23,27)(H,24,26). The van der Waals surface area contributed by atoms with Crippen LogP contribution in [0.3, 0.4) is 0 Å². The zero-order valence-electron chi connectivity index (χ0n) is 15.6. The minimum atomic E-state index is -0.279. The lowest BCUT2D eigenvalue weighted by atomic mass is 10.0. The lowest BCUT2D eigenvalue weighted by Crippen LogP contribution is -2.38. The second kappa shape index (κ2) is 7.88. The molecule has 3 aromatic rings. The van der Waals surface area contributed by atoms with Crippen LogP contribution in [0.4, 0.5) is 4.39 Å². The molecule has 6 heteroatoms. The molecule has 2 aromatic carbocycles. The SMILES string of the molecule is CNC(=S)N(Cc1ccc(F)cc1)Cc1cc2c(C)cc(C)cc2[nH]c1=O. The van der Waals surface area contributed by atoms with Crippen LogP contribution in [0.2, 0.25) is 0 Å². The molecule has 4 nitrogen and oxygen atoms in total. The number of fused-ring (bicyclic) bond motifs is 1. The van der Waals surface area contributed by atoms with Gasteiger partial charge in [0.15, 0.2) is 5.11 Å². The van der Waals surface area contributed by atoms with E-state index in [4.69, 9.17) is 12.2 Å². The summed E-state index contributed by atoms with van der Waals surface area (Å²) >= 11 is 5.41. The van der Waals surface area contributed by atoms with E-state index in [9.17, 15) is 9.18 Å². The monoisotopic (exact) mass is 383 g/mol. The molecule has 140 valence electrons. The molecular formula is C21H22FN3OS. The van der Waals surface area contributed by atoms with Crippen LogP contribution >= 0.6 is 12.2 Å². The van der Waals surface area contributed by atoms with Gasteiger partial charge in [0, 0.05) is 30.1 Å². The van der Waals surface area contributed by atoms with Crippen molar-refractivity contribution in [1.29, 1.82) is 0 Å². The molecule has 0 amide bonds. The predicted octanol–water partition coefficient (Wildman–Crippen LogP) is 3.79. The van der Waals surface area contributed by atoms with Gasteiger partial charge in [-0.15, -0.1) is 0 Å². The summed E-state index contributed by atoms with van der Waals surface area (Å²) in [4.78, 5) is 17.5. The third-order valence-electron chi connectivity index (χ3n) is 4.54. The minimum absolute atomic E-state index is 0.129. The van der Waals surface area contributed by atoms with E-state index in [2.05, 4.69) is 16.4 Å². The van der Waals surface area contributed by atoms with Crippen LogP contribution in [0.5, 0.6) is 0 Å². The van der Waals surface area contributed by atoms with Gasteiger partial charge >= 0.3 is 0 Å². The van der Waals surface area contributed by atoms with Crippen molar-refractivity contribution >= 4 is 28.2 Å². The molecule has 0 aliphatic heterocycles. The molecule has 0 fully saturated rings. The molecule has 1 aromatic heterocycles. The smallest absolute Gasteiger partial charge is 0.253 e. The molecule has 2 N–H and O–H groups in total. The third kappa shape index (κ3) is 4.34. The van der Waals surface area contributed by atoms with Gasteiger partial charge in [0.2, 0.25) is 0 Å². The van der Waals surface area contributed by atoms with Crippen LogP contribution in [0, 0.1) is 19.7 Å². The van der Waals surface area contributed by atoms with Crippen molar-refractivity contribution in [2.24, 2.45) is 0 Å². The summed E-state index contributed by atoms with van der Waals surface area (Å²) in [6.45, 7) is 4.88. The maximum absolute atomic E-state index is 13.2. The van der Waals surface area contributed by atoms with Gasteiger partial charge in [0.05, 0.1) is 6.54 Å². The predicted molar refractivity (Wildman–Crippen MR) is 111 cm³/mol. The Labute approximate surface area is 163 Å². The first-order chi connectivity index (χ1) is 12.9. The van der Waals surface area contributed by atoms with Crippen LogP contribution in [0.1, 0.15) is 22.3 Å². The zero-order chi connectivity index (χ0) is 19.6. The Morgan fingerprint density at radius 2 is 1.85 bits per heavy atom. The van der Waals surface area contributed by atoms with Gasteiger partial charge in [-0.25, -0.2) is 4.39 Å². The molecule has 27 heavy (non-hydrogen) atoms. The second-order valence-electron chi connectivity index (χ2n) is 6.70. The number of H-pyrrole nitrogens is 1. The highest BCUT2D eigenvalue weighted by atomic mass is 32.1.